The van der Waals surface area contributed by atoms with E-state index in [0.717, 1.165) is 45.4 Å². The van der Waals surface area contributed by atoms with Crippen molar-refractivity contribution in [3.8, 4) is 0 Å². The van der Waals surface area contributed by atoms with Gasteiger partial charge in [0.2, 0.25) is 5.91 Å². The third-order valence-corrected chi connectivity index (χ3v) is 2.20. The predicted octanol–water partition coefficient (Wildman–Crippen LogP) is 1.31. The summed E-state index contributed by atoms with van der Waals surface area (Å²) in [5.41, 5.74) is 0. The van der Waals surface area contributed by atoms with Gasteiger partial charge in [0, 0.05) is 19.7 Å². The fraction of sp³-hybridized carbons (Fsp3) is 0.917. The Kier molecular flexibility index (Phi) is 12.0. The third kappa shape index (κ3) is 11.5. The molecular weight excluding hydrogens is 204 g/mol. The topological polar surface area (TPSA) is 50.4 Å². The van der Waals surface area contributed by atoms with E-state index in [1.54, 1.807) is 0 Å². The van der Waals surface area contributed by atoms with Crippen LogP contribution in [0.2, 0.25) is 0 Å². The van der Waals surface area contributed by atoms with Gasteiger partial charge < -0.3 is 15.4 Å². The smallest absolute Gasteiger partial charge is 0.233 e. The van der Waals surface area contributed by atoms with Crippen molar-refractivity contribution in [1.82, 2.24) is 10.6 Å². The van der Waals surface area contributed by atoms with Crippen molar-refractivity contribution in [2.75, 3.05) is 32.8 Å². The van der Waals surface area contributed by atoms with Crippen LogP contribution in [-0.2, 0) is 9.53 Å². The molecule has 0 aliphatic heterocycles. The van der Waals surface area contributed by atoms with E-state index in [1.165, 1.54) is 0 Å². The molecule has 0 unspecified atom stereocenters. The van der Waals surface area contributed by atoms with Crippen molar-refractivity contribution in [3.63, 3.8) is 0 Å². The van der Waals surface area contributed by atoms with Crippen molar-refractivity contribution >= 4 is 5.91 Å². The maximum Gasteiger partial charge on any atom is 0.233 e. The van der Waals surface area contributed by atoms with Crippen LogP contribution >= 0.6 is 0 Å². The Morgan fingerprint density at radius 3 is 2.50 bits per heavy atom. The summed E-state index contributed by atoms with van der Waals surface area (Å²) >= 11 is 0. The van der Waals surface area contributed by atoms with Crippen LogP contribution in [0.15, 0.2) is 0 Å². The molecular formula is C12H26N2O2. The first-order valence-corrected chi connectivity index (χ1v) is 6.36. The molecule has 1 amide bonds. The minimum atomic E-state index is 0.0713. The highest BCUT2D eigenvalue weighted by molar-refractivity contribution is 5.77. The zero-order valence-corrected chi connectivity index (χ0v) is 10.7. The molecule has 4 heteroatoms. The molecule has 0 radical (unpaired) electrons. The summed E-state index contributed by atoms with van der Waals surface area (Å²) in [7, 11) is 0. The molecule has 16 heavy (non-hydrogen) atoms. The fourth-order valence-corrected chi connectivity index (χ4v) is 1.16. The summed E-state index contributed by atoms with van der Waals surface area (Å²) in [6.07, 6.45) is 4.43. The molecule has 0 fully saturated rings. The number of hydrogen-bond acceptors (Lipinski definition) is 3. The van der Waals surface area contributed by atoms with E-state index in [4.69, 9.17) is 4.74 Å². The Bertz CT molecular complexity index is 163. The van der Waals surface area contributed by atoms with Crippen LogP contribution in [0.1, 0.15) is 39.5 Å². The van der Waals surface area contributed by atoms with E-state index >= 15 is 0 Å². The normalized spacial score (nSPS) is 10.4. The van der Waals surface area contributed by atoms with Gasteiger partial charge in [-0.05, 0) is 12.8 Å². The number of nitrogens with one attached hydrogen (secondary N) is 2. The van der Waals surface area contributed by atoms with Gasteiger partial charge in [0.1, 0.15) is 0 Å². The van der Waals surface area contributed by atoms with Crippen LogP contribution in [0.5, 0.6) is 0 Å². The highest BCUT2D eigenvalue weighted by Gasteiger charge is 1.98. The molecule has 0 aromatic rings. The summed E-state index contributed by atoms with van der Waals surface area (Å²) in [6, 6.07) is 0. The van der Waals surface area contributed by atoms with Gasteiger partial charge in [-0.1, -0.05) is 26.7 Å². The maximum atomic E-state index is 11.2. The first-order chi connectivity index (χ1) is 7.81. The van der Waals surface area contributed by atoms with E-state index < -0.39 is 0 Å². The van der Waals surface area contributed by atoms with Crippen LogP contribution in [0.3, 0.4) is 0 Å². The van der Waals surface area contributed by atoms with E-state index in [1.807, 2.05) is 0 Å². The minimum Gasteiger partial charge on any atom is -0.380 e. The van der Waals surface area contributed by atoms with Crippen molar-refractivity contribution < 1.29 is 9.53 Å². The Balaban J connectivity index is 3.09. The molecule has 96 valence electrons. The second kappa shape index (κ2) is 12.5. The molecule has 0 atom stereocenters. The van der Waals surface area contributed by atoms with Crippen molar-refractivity contribution in [1.29, 1.82) is 0 Å². The van der Waals surface area contributed by atoms with E-state index in [9.17, 15) is 4.79 Å². The quantitative estimate of drug-likeness (QED) is 0.526. The summed E-state index contributed by atoms with van der Waals surface area (Å²) in [4.78, 5) is 11.2. The molecule has 0 aromatic heterocycles. The molecule has 0 rings (SSSR count). The number of ether oxygens (including phenoxy) is 1. The van der Waals surface area contributed by atoms with E-state index in [2.05, 4.69) is 24.5 Å². The number of carbonyl (C=O) groups is 1. The summed E-state index contributed by atoms with van der Waals surface area (Å²) in [6.45, 7) is 7.67. The Morgan fingerprint density at radius 2 is 1.81 bits per heavy atom. The van der Waals surface area contributed by atoms with Crippen molar-refractivity contribution in [2.24, 2.45) is 0 Å². The number of unbranched alkanes of at least 4 members (excludes halogenated alkanes) is 2. The lowest BCUT2D eigenvalue weighted by Crippen LogP contribution is -2.35. The Hall–Kier alpha value is -0.610. The van der Waals surface area contributed by atoms with Gasteiger partial charge in [-0.3, -0.25) is 4.79 Å². The van der Waals surface area contributed by atoms with Crippen LogP contribution in [0.4, 0.5) is 0 Å². The monoisotopic (exact) mass is 230 g/mol. The molecule has 0 spiro atoms. The molecule has 0 aromatic carbocycles. The highest BCUT2D eigenvalue weighted by Crippen LogP contribution is 1.86. The lowest BCUT2D eigenvalue weighted by atomic mass is 10.3. The molecule has 2 N–H and O–H groups in total. The van der Waals surface area contributed by atoms with Crippen LogP contribution in [-0.4, -0.2) is 38.8 Å². The standard InChI is InChI=1S/C12H26N2O2/c1-3-5-7-14-12(15)11-13-8-10-16-9-6-4-2/h13H,3-11H2,1-2H3,(H,14,15). The van der Waals surface area contributed by atoms with Gasteiger partial charge in [0.25, 0.3) is 0 Å². The van der Waals surface area contributed by atoms with Gasteiger partial charge in [-0.2, -0.15) is 0 Å². The predicted molar refractivity (Wildman–Crippen MR) is 66.5 cm³/mol. The lowest BCUT2D eigenvalue weighted by Gasteiger charge is -2.06. The molecule has 4 nitrogen and oxygen atoms in total. The number of hydrogen-bond donors (Lipinski definition) is 2. The van der Waals surface area contributed by atoms with Crippen LogP contribution in [0, 0.1) is 0 Å². The first kappa shape index (κ1) is 15.4. The number of amides is 1. The SMILES string of the molecule is CCCCNC(=O)CNCCOCCCC. The van der Waals surface area contributed by atoms with Gasteiger partial charge in [0.05, 0.1) is 13.2 Å². The maximum absolute atomic E-state index is 11.2. The highest BCUT2D eigenvalue weighted by atomic mass is 16.5. The van der Waals surface area contributed by atoms with Crippen molar-refractivity contribution in [3.05, 3.63) is 0 Å². The zero-order chi connectivity index (χ0) is 12.1. The summed E-state index contributed by atoms with van der Waals surface area (Å²) < 4.78 is 5.36. The molecule has 0 bridgehead atoms. The average molecular weight is 230 g/mol. The molecule has 0 aliphatic carbocycles. The average Bonchev–Trinajstić information content (AvgIpc) is 2.28. The lowest BCUT2D eigenvalue weighted by molar-refractivity contribution is -0.120. The third-order valence-electron chi connectivity index (χ3n) is 2.20. The Labute approximate surface area is 99.1 Å². The number of carbonyl (C=O) groups excluding carboxylic acids is 1. The molecule has 0 aliphatic rings. The second-order valence-corrected chi connectivity index (χ2v) is 3.85. The van der Waals surface area contributed by atoms with E-state index in [0.29, 0.717) is 13.2 Å². The molecule has 0 heterocycles. The molecule has 0 saturated heterocycles. The van der Waals surface area contributed by atoms with E-state index in [-0.39, 0.29) is 5.91 Å². The summed E-state index contributed by atoms with van der Waals surface area (Å²) in [5, 5.41) is 5.90. The van der Waals surface area contributed by atoms with Gasteiger partial charge in [-0.15, -0.1) is 0 Å². The molecule has 0 saturated carbocycles. The van der Waals surface area contributed by atoms with Crippen LogP contribution < -0.4 is 10.6 Å². The Morgan fingerprint density at radius 1 is 1.06 bits per heavy atom. The summed E-state index contributed by atoms with van der Waals surface area (Å²) in [5.74, 6) is 0.0713. The number of rotatable bonds is 11. The van der Waals surface area contributed by atoms with Gasteiger partial charge in [-0.25, -0.2) is 0 Å². The van der Waals surface area contributed by atoms with Gasteiger partial charge >= 0.3 is 0 Å². The second-order valence-electron chi connectivity index (χ2n) is 3.85. The largest absolute Gasteiger partial charge is 0.380 e. The minimum absolute atomic E-state index is 0.0713. The zero-order valence-electron chi connectivity index (χ0n) is 10.7. The fourth-order valence-electron chi connectivity index (χ4n) is 1.16. The van der Waals surface area contributed by atoms with Gasteiger partial charge in [0.15, 0.2) is 0 Å². The van der Waals surface area contributed by atoms with Crippen LogP contribution in [0.25, 0.3) is 0 Å². The van der Waals surface area contributed by atoms with Crippen molar-refractivity contribution in [2.45, 2.75) is 39.5 Å². The first-order valence-electron chi connectivity index (χ1n) is 6.36.